The summed E-state index contributed by atoms with van der Waals surface area (Å²) in [5.74, 6) is 0.764. The Bertz CT molecular complexity index is 743. The Morgan fingerprint density at radius 2 is 1.95 bits per heavy atom. The molecule has 0 atom stereocenters. The van der Waals surface area contributed by atoms with Crippen LogP contribution in [0.15, 0.2) is 40.9 Å². The highest BCUT2D eigenvalue weighted by Gasteiger charge is 2.20. The lowest BCUT2D eigenvalue weighted by Crippen LogP contribution is -2.24. The first kappa shape index (κ1) is 15.2. The van der Waals surface area contributed by atoms with Crippen LogP contribution in [0.4, 0.5) is 0 Å². The minimum atomic E-state index is -0.122. The molecule has 0 amide bonds. The van der Waals surface area contributed by atoms with Crippen molar-refractivity contribution in [1.29, 1.82) is 0 Å². The van der Waals surface area contributed by atoms with Crippen molar-refractivity contribution < 1.29 is 0 Å². The van der Waals surface area contributed by atoms with Gasteiger partial charge in [0.25, 0.3) is 0 Å². The van der Waals surface area contributed by atoms with Crippen molar-refractivity contribution in [2.75, 3.05) is 0 Å². The molecule has 0 N–H and O–H groups in total. The summed E-state index contributed by atoms with van der Waals surface area (Å²) in [5.41, 5.74) is 2.09. The summed E-state index contributed by atoms with van der Waals surface area (Å²) in [4.78, 5) is 4.69. The van der Waals surface area contributed by atoms with Gasteiger partial charge in [-0.1, -0.05) is 42.1 Å². The number of benzene rings is 1. The van der Waals surface area contributed by atoms with Crippen molar-refractivity contribution >= 4 is 23.1 Å². The van der Waals surface area contributed by atoms with E-state index in [2.05, 4.69) is 53.8 Å². The molecule has 3 rings (SSSR count). The zero-order valence-corrected chi connectivity index (χ0v) is 14.4. The number of rotatable bonds is 4. The zero-order valence-electron chi connectivity index (χ0n) is 12.7. The van der Waals surface area contributed by atoms with Gasteiger partial charge in [-0.05, 0) is 31.2 Å². The molecule has 5 nitrogen and oxygen atoms in total. The molecular weight excluding hydrogens is 314 g/mol. The Morgan fingerprint density at radius 1 is 1.18 bits per heavy atom. The van der Waals surface area contributed by atoms with Gasteiger partial charge in [0, 0.05) is 16.7 Å². The van der Waals surface area contributed by atoms with E-state index in [0.29, 0.717) is 0 Å². The molecule has 3 aromatic rings. The summed E-state index contributed by atoms with van der Waals surface area (Å²) in [6.45, 7) is 6.26. The molecule has 0 bridgehead atoms. The van der Waals surface area contributed by atoms with Crippen LogP contribution in [0.1, 0.15) is 26.5 Å². The molecule has 0 aliphatic rings. The molecular formula is C15H17N5S2. The Balaban J connectivity index is 1.71. The van der Waals surface area contributed by atoms with Crippen molar-refractivity contribution in [3.05, 3.63) is 41.4 Å². The molecule has 22 heavy (non-hydrogen) atoms. The van der Waals surface area contributed by atoms with Crippen LogP contribution in [0.25, 0.3) is 10.6 Å². The monoisotopic (exact) mass is 331 g/mol. The Kier molecular flexibility index (Phi) is 4.26. The smallest absolute Gasteiger partial charge is 0.210 e. The minimum absolute atomic E-state index is 0.122. The van der Waals surface area contributed by atoms with E-state index in [1.54, 1.807) is 23.1 Å². The van der Waals surface area contributed by atoms with E-state index >= 15 is 0 Å². The predicted molar refractivity (Wildman–Crippen MR) is 89.9 cm³/mol. The van der Waals surface area contributed by atoms with Crippen LogP contribution in [-0.4, -0.2) is 25.2 Å². The summed E-state index contributed by atoms with van der Waals surface area (Å²) in [5, 5.41) is 15.9. The average molecular weight is 331 g/mol. The van der Waals surface area contributed by atoms with Gasteiger partial charge in [0.2, 0.25) is 5.16 Å². The van der Waals surface area contributed by atoms with Crippen LogP contribution in [-0.2, 0) is 11.3 Å². The van der Waals surface area contributed by atoms with Gasteiger partial charge in [-0.2, -0.15) is 0 Å². The third-order valence-electron chi connectivity index (χ3n) is 3.00. The molecule has 0 spiro atoms. The molecule has 0 fully saturated rings. The largest absolute Gasteiger partial charge is 0.240 e. The lowest BCUT2D eigenvalue weighted by Gasteiger charge is -2.19. The van der Waals surface area contributed by atoms with Crippen LogP contribution in [0.2, 0.25) is 0 Å². The summed E-state index contributed by atoms with van der Waals surface area (Å²) in [6, 6.07) is 10.2. The molecule has 0 saturated carbocycles. The molecule has 0 radical (unpaired) electrons. The van der Waals surface area contributed by atoms with E-state index in [4.69, 9.17) is 4.98 Å². The first-order chi connectivity index (χ1) is 10.5. The number of nitrogens with zero attached hydrogens (tertiary/aromatic N) is 5. The highest BCUT2D eigenvalue weighted by molar-refractivity contribution is 7.98. The second-order valence-corrected chi connectivity index (χ2v) is 7.64. The predicted octanol–water partition coefficient (Wildman–Crippen LogP) is 3.84. The second kappa shape index (κ2) is 6.18. The molecule has 114 valence electrons. The molecule has 0 saturated heterocycles. The number of thioether (sulfide) groups is 1. The van der Waals surface area contributed by atoms with Crippen LogP contribution in [0.5, 0.6) is 0 Å². The van der Waals surface area contributed by atoms with Gasteiger partial charge >= 0.3 is 0 Å². The van der Waals surface area contributed by atoms with Crippen LogP contribution in [0.3, 0.4) is 0 Å². The van der Waals surface area contributed by atoms with Crippen LogP contribution < -0.4 is 0 Å². The van der Waals surface area contributed by atoms with Crippen molar-refractivity contribution in [3.8, 4) is 10.6 Å². The van der Waals surface area contributed by atoms with Crippen LogP contribution >= 0.6 is 23.1 Å². The summed E-state index contributed by atoms with van der Waals surface area (Å²) >= 11 is 3.28. The maximum Gasteiger partial charge on any atom is 0.210 e. The van der Waals surface area contributed by atoms with Crippen LogP contribution in [0, 0.1) is 0 Å². The summed E-state index contributed by atoms with van der Waals surface area (Å²) < 4.78 is 1.85. The van der Waals surface area contributed by atoms with Crippen molar-refractivity contribution in [2.24, 2.45) is 0 Å². The summed E-state index contributed by atoms with van der Waals surface area (Å²) in [7, 11) is 0. The Morgan fingerprint density at radius 3 is 2.68 bits per heavy atom. The fourth-order valence-corrected chi connectivity index (χ4v) is 3.80. The molecule has 0 unspecified atom stereocenters. The van der Waals surface area contributed by atoms with E-state index in [-0.39, 0.29) is 5.54 Å². The maximum atomic E-state index is 4.69. The fraction of sp³-hybridized carbons (Fsp3) is 0.333. The number of thiazole rings is 1. The van der Waals surface area contributed by atoms with E-state index in [1.807, 2.05) is 22.9 Å². The lowest BCUT2D eigenvalue weighted by atomic mass is 10.1. The fourth-order valence-electron chi connectivity index (χ4n) is 1.92. The number of tetrazole rings is 1. The number of hydrogen-bond acceptors (Lipinski definition) is 6. The molecule has 7 heteroatoms. The standard InChI is InChI=1S/C15H17N5S2/c1-15(2,3)20-14(17-18-19-20)22-10-12-9-21-13(16-12)11-7-5-4-6-8-11/h4-9H,10H2,1-3H3. The first-order valence-corrected chi connectivity index (χ1v) is 8.82. The summed E-state index contributed by atoms with van der Waals surface area (Å²) in [6.07, 6.45) is 0. The topological polar surface area (TPSA) is 56.5 Å². The third kappa shape index (κ3) is 3.36. The van der Waals surface area contributed by atoms with Crippen molar-refractivity contribution in [1.82, 2.24) is 25.2 Å². The number of hydrogen-bond donors (Lipinski definition) is 0. The normalized spacial score (nSPS) is 11.8. The van der Waals surface area contributed by atoms with Gasteiger partial charge in [0.1, 0.15) is 5.01 Å². The lowest BCUT2D eigenvalue weighted by molar-refractivity contribution is 0.321. The first-order valence-electron chi connectivity index (χ1n) is 6.95. The third-order valence-corrected chi connectivity index (χ3v) is 4.89. The Labute approximate surface area is 137 Å². The van der Waals surface area contributed by atoms with E-state index < -0.39 is 0 Å². The molecule has 0 aliphatic carbocycles. The molecule has 0 aliphatic heterocycles. The molecule has 1 aromatic carbocycles. The highest BCUT2D eigenvalue weighted by Crippen LogP contribution is 2.28. The highest BCUT2D eigenvalue weighted by atomic mass is 32.2. The van der Waals surface area contributed by atoms with Gasteiger partial charge in [-0.3, -0.25) is 0 Å². The van der Waals surface area contributed by atoms with E-state index in [0.717, 1.165) is 27.2 Å². The molecule has 2 aromatic heterocycles. The SMILES string of the molecule is CC(C)(C)n1nnnc1SCc1csc(-c2ccccc2)n1. The van der Waals surface area contributed by atoms with E-state index in [9.17, 15) is 0 Å². The quantitative estimate of drug-likeness (QED) is 0.680. The number of aromatic nitrogens is 5. The van der Waals surface area contributed by atoms with Gasteiger partial charge in [-0.15, -0.1) is 16.4 Å². The maximum absolute atomic E-state index is 4.69. The van der Waals surface area contributed by atoms with Gasteiger partial charge in [0.15, 0.2) is 0 Å². The van der Waals surface area contributed by atoms with Gasteiger partial charge < -0.3 is 0 Å². The average Bonchev–Trinajstić information content (AvgIpc) is 3.15. The zero-order chi connectivity index (χ0) is 15.6. The van der Waals surface area contributed by atoms with Crippen molar-refractivity contribution in [2.45, 2.75) is 37.2 Å². The Hall–Kier alpha value is -1.73. The molecule has 2 heterocycles. The second-order valence-electron chi connectivity index (χ2n) is 5.84. The van der Waals surface area contributed by atoms with Gasteiger partial charge in [-0.25, -0.2) is 9.67 Å². The van der Waals surface area contributed by atoms with Gasteiger partial charge in [0.05, 0.1) is 11.2 Å². The van der Waals surface area contributed by atoms with Crippen molar-refractivity contribution in [3.63, 3.8) is 0 Å². The van der Waals surface area contributed by atoms with E-state index in [1.165, 1.54) is 0 Å². The minimum Gasteiger partial charge on any atom is -0.240 e.